The number of hydrogen-bond donors (Lipinski definition) is 1. The highest BCUT2D eigenvalue weighted by Crippen LogP contribution is 2.45. The number of benzene rings is 1. The molecule has 34 heavy (non-hydrogen) atoms. The molecule has 0 radical (unpaired) electrons. The number of hydrogen-bond acceptors (Lipinski definition) is 4. The molecule has 1 fully saturated rings. The van der Waals surface area contributed by atoms with Crippen molar-refractivity contribution in [1.29, 1.82) is 0 Å². The van der Waals surface area contributed by atoms with Crippen LogP contribution in [-0.4, -0.2) is 23.3 Å². The fraction of sp³-hybridized carbons (Fsp3) is 0.414. The molecule has 3 aromatic rings. The molecule has 4 nitrogen and oxygen atoms in total. The second-order valence-corrected chi connectivity index (χ2v) is 10.1. The summed E-state index contributed by atoms with van der Waals surface area (Å²) in [6, 6.07) is 12.2. The summed E-state index contributed by atoms with van der Waals surface area (Å²) in [5, 5.41) is 3.28. The van der Waals surface area contributed by atoms with Gasteiger partial charge in [0.05, 0.1) is 11.9 Å². The number of aromatic nitrogens is 2. The van der Waals surface area contributed by atoms with Crippen molar-refractivity contribution < 1.29 is 9.18 Å². The summed E-state index contributed by atoms with van der Waals surface area (Å²) >= 11 is 0. The van der Waals surface area contributed by atoms with Crippen LogP contribution in [0.4, 0.5) is 10.1 Å². The molecular weight excluding hydrogens is 425 g/mol. The van der Waals surface area contributed by atoms with Crippen LogP contribution in [0.5, 0.6) is 0 Å². The van der Waals surface area contributed by atoms with E-state index in [1.54, 1.807) is 6.07 Å². The molecule has 1 aliphatic rings. The van der Waals surface area contributed by atoms with Gasteiger partial charge in [-0.2, -0.15) is 0 Å². The van der Waals surface area contributed by atoms with Gasteiger partial charge in [0.2, 0.25) is 0 Å². The van der Waals surface area contributed by atoms with Crippen LogP contribution < -0.4 is 5.32 Å². The predicted molar refractivity (Wildman–Crippen MR) is 138 cm³/mol. The zero-order valence-electron chi connectivity index (χ0n) is 20.9. The fourth-order valence-corrected chi connectivity index (χ4v) is 4.78. The van der Waals surface area contributed by atoms with Gasteiger partial charge in [0.1, 0.15) is 17.2 Å². The molecule has 180 valence electrons. The monoisotopic (exact) mass is 461 g/mol. The summed E-state index contributed by atoms with van der Waals surface area (Å²) in [6.45, 7) is 9.02. The summed E-state index contributed by atoms with van der Waals surface area (Å²) in [5.41, 5.74) is 5.20. The van der Waals surface area contributed by atoms with Crippen molar-refractivity contribution >= 4 is 12.0 Å². The van der Waals surface area contributed by atoms with Crippen LogP contribution in [0, 0.1) is 24.1 Å². The predicted octanol–water partition coefficient (Wildman–Crippen LogP) is 7.45. The Morgan fingerprint density at radius 3 is 2.53 bits per heavy atom. The number of carbonyl (C=O) groups is 1. The van der Waals surface area contributed by atoms with Crippen LogP contribution in [0.15, 0.2) is 54.9 Å². The number of aldehydes is 1. The lowest BCUT2D eigenvalue weighted by atomic mass is 9.68. The van der Waals surface area contributed by atoms with Gasteiger partial charge >= 0.3 is 0 Å². The molecule has 0 bridgehead atoms. The number of aryl methyl sites for hydroxylation is 1. The maximum atomic E-state index is 13.6. The summed E-state index contributed by atoms with van der Waals surface area (Å²) in [4.78, 5) is 18.8. The lowest BCUT2D eigenvalue weighted by Gasteiger charge is -2.38. The Kier molecular flexibility index (Phi) is 8.54. The van der Waals surface area contributed by atoms with E-state index in [-0.39, 0.29) is 11.4 Å². The average molecular weight is 462 g/mol. The van der Waals surface area contributed by atoms with Gasteiger partial charge in [-0.1, -0.05) is 51.5 Å². The third-order valence-corrected chi connectivity index (χ3v) is 6.85. The van der Waals surface area contributed by atoms with Crippen molar-refractivity contribution in [2.45, 2.75) is 59.3 Å². The van der Waals surface area contributed by atoms with Crippen LogP contribution in [0.1, 0.15) is 74.0 Å². The lowest BCUT2D eigenvalue weighted by Crippen LogP contribution is -2.26. The summed E-state index contributed by atoms with van der Waals surface area (Å²) in [7, 11) is 1.99. The minimum atomic E-state index is -0.417. The minimum Gasteiger partial charge on any atom is -0.387 e. The first-order chi connectivity index (χ1) is 16.2. The van der Waals surface area contributed by atoms with E-state index in [4.69, 9.17) is 0 Å². The average Bonchev–Trinajstić information content (AvgIpc) is 2.85. The van der Waals surface area contributed by atoms with E-state index in [9.17, 15) is 9.18 Å². The largest absolute Gasteiger partial charge is 0.387 e. The molecule has 2 heterocycles. The van der Waals surface area contributed by atoms with Gasteiger partial charge in [-0.25, -0.2) is 9.37 Å². The van der Waals surface area contributed by atoms with Gasteiger partial charge in [0, 0.05) is 18.8 Å². The molecule has 2 atom stereocenters. The van der Waals surface area contributed by atoms with Gasteiger partial charge < -0.3 is 5.32 Å². The smallest absolute Gasteiger partial charge is 0.168 e. The van der Waals surface area contributed by atoms with E-state index in [2.05, 4.69) is 42.1 Å². The normalized spacial score (nSPS) is 17.9. The van der Waals surface area contributed by atoms with Gasteiger partial charge in [-0.15, -0.1) is 0 Å². The second kappa shape index (κ2) is 11.4. The summed E-state index contributed by atoms with van der Waals surface area (Å²) in [6.07, 6.45) is 9.89. The van der Waals surface area contributed by atoms with E-state index in [0.717, 1.165) is 11.5 Å². The Bertz CT molecular complexity index is 1110. The Morgan fingerprint density at radius 1 is 1.09 bits per heavy atom. The van der Waals surface area contributed by atoms with E-state index in [0.29, 0.717) is 23.2 Å². The highest BCUT2D eigenvalue weighted by atomic mass is 19.1. The Morgan fingerprint density at radius 2 is 1.85 bits per heavy atom. The SMILES string of the molecule is CNc1cnccc1C1CCCC(C(C)(C)C)C1.Cc1ccccc1-c1nc(C=O)ccc1F. The van der Waals surface area contributed by atoms with Crippen LogP contribution in [0.2, 0.25) is 0 Å². The van der Waals surface area contributed by atoms with Gasteiger partial charge in [0.25, 0.3) is 0 Å². The van der Waals surface area contributed by atoms with E-state index in [1.807, 2.05) is 44.6 Å². The van der Waals surface area contributed by atoms with Gasteiger partial charge in [-0.05, 0) is 72.8 Å². The number of nitrogens with zero attached hydrogens (tertiary/aromatic N) is 2. The second-order valence-electron chi connectivity index (χ2n) is 10.1. The molecule has 0 aliphatic heterocycles. The summed E-state index contributed by atoms with van der Waals surface area (Å²) < 4.78 is 13.6. The molecular formula is C29H36FN3O. The standard InChI is InChI=1S/C16H26N2.C13H10FNO/c1-16(2,3)13-7-5-6-12(10-13)14-8-9-18-11-15(14)17-4;1-9-4-2-3-5-11(9)13-12(14)7-6-10(8-16)15-13/h8-9,11-13,17H,5-7,10H2,1-4H3;2-8H,1H3. The van der Waals surface area contributed by atoms with Crippen molar-refractivity contribution in [2.24, 2.45) is 11.3 Å². The van der Waals surface area contributed by atoms with Crippen molar-refractivity contribution in [3.8, 4) is 11.3 Å². The first-order valence-electron chi connectivity index (χ1n) is 12.0. The molecule has 0 saturated heterocycles. The molecule has 2 aromatic heterocycles. The highest BCUT2D eigenvalue weighted by Gasteiger charge is 2.31. The van der Waals surface area contributed by atoms with E-state index in [1.165, 1.54) is 49.1 Å². The fourth-order valence-electron chi connectivity index (χ4n) is 4.78. The maximum Gasteiger partial charge on any atom is 0.168 e. The number of nitrogens with one attached hydrogen (secondary N) is 1. The Hall–Kier alpha value is -3.08. The topological polar surface area (TPSA) is 54.9 Å². The molecule has 0 amide bonds. The molecule has 1 aliphatic carbocycles. The van der Waals surface area contributed by atoms with Crippen LogP contribution in [-0.2, 0) is 0 Å². The maximum absolute atomic E-state index is 13.6. The van der Waals surface area contributed by atoms with Crippen LogP contribution in [0.3, 0.4) is 0 Å². The zero-order valence-corrected chi connectivity index (χ0v) is 20.9. The van der Waals surface area contributed by atoms with E-state index >= 15 is 0 Å². The van der Waals surface area contributed by atoms with Crippen LogP contribution in [0.25, 0.3) is 11.3 Å². The molecule has 1 saturated carbocycles. The first kappa shape index (κ1) is 25.5. The number of rotatable bonds is 4. The van der Waals surface area contributed by atoms with Crippen molar-refractivity contribution in [1.82, 2.24) is 9.97 Å². The Labute approximate surface area is 203 Å². The first-order valence-corrected chi connectivity index (χ1v) is 12.0. The van der Waals surface area contributed by atoms with Gasteiger partial charge in [0.15, 0.2) is 6.29 Å². The third-order valence-electron chi connectivity index (χ3n) is 6.85. The molecule has 4 rings (SSSR count). The van der Waals surface area contributed by atoms with E-state index < -0.39 is 5.82 Å². The number of anilines is 1. The molecule has 2 unspecified atom stereocenters. The number of pyridine rings is 2. The number of halogens is 1. The van der Waals surface area contributed by atoms with Gasteiger partial charge in [-0.3, -0.25) is 9.78 Å². The molecule has 1 N–H and O–H groups in total. The Balaban J connectivity index is 0.000000192. The van der Waals surface area contributed by atoms with Crippen molar-refractivity contribution in [2.75, 3.05) is 12.4 Å². The molecule has 1 aromatic carbocycles. The molecule has 0 spiro atoms. The van der Waals surface area contributed by atoms with Crippen LogP contribution >= 0.6 is 0 Å². The van der Waals surface area contributed by atoms with Crippen molar-refractivity contribution in [3.63, 3.8) is 0 Å². The number of carbonyl (C=O) groups excluding carboxylic acids is 1. The third kappa shape index (κ3) is 6.28. The highest BCUT2D eigenvalue weighted by molar-refractivity contribution is 5.74. The quantitative estimate of drug-likeness (QED) is 0.410. The lowest BCUT2D eigenvalue weighted by molar-refractivity contribution is 0.111. The summed E-state index contributed by atoms with van der Waals surface area (Å²) in [5.74, 6) is 1.13. The van der Waals surface area contributed by atoms with Crippen molar-refractivity contribution in [3.05, 3.63) is 77.5 Å². The minimum absolute atomic E-state index is 0.225. The zero-order chi connectivity index (χ0) is 24.7. The molecule has 5 heteroatoms.